The van der Waals surface area contributed by atoms with E-state index in [2.05, 4.69) is 5.32 Å². The van der Waals surface area contributed by atoms with Gasteiger partial charge in [-0.3, -0.25) is 0 Å². The van der Waals surface area contributed by atoms with Gasteiger partial charge in [-0.15, -0.1) is 0 Å². The van der Waals surface area contributed by atoms with E-state index in [-0.39, 0.29) is 11.9 Å². The van der Waals surface area contributed by atoms with Gasteiger partial charge in [-0.25, -0.2) is 4.39 Å². The van der Waals surface area contributed by atoms with Crippen LogP contribution in [0.4, 0.5) is 8.78 Å². The Kier molecular flexibility index (Phi) is 3.44. The van der Waals surface area contributed by atoms with Gasteiger partial charge in [-0.1, -0.05) is 6.07 Å². The molecule has 2 fully saturated rings. The number of ether oxygens (including phenoxy) is 1. The number of rotatable bonds is 4. The Hall–Kier alpha value is -1.16. The Morgan fingerprint density at radius 1 is 1.16 bits per heavy atom. The molecular weight excluding hydrogens is 248 g/mol. The minimum absolute atomic E-state index is 0.0200. The van der Waals surface area contributed by atoms with Gasteiger partial charge >= 0.3 is 0 Å². The van der Waals surface area contributed by atoms with Crippen molar-refractivity contribution in [2.75, 3.05) is 13.1 Å². The first kappa shape index (κ1) is 12.9. The highest BCUT2D eigenvalue weighted by Gasteiger charge is 2.39. The van der Waals surface area contributed by atoms with E-state index in [0.717, 1.165) is 32.4 Å². The van der Waals surface area contributed by atoms with Gasteiger partial charge in [0, 0.05) is 12.5 Å². The minimum atomic E-state index is -0.850. The van der Waals surface area contributed by atoms with E-state index in [0.29, 0.717) is 17.4 Å². The zero-order valence-electron chi connectivity index (χ0n) is 11.1. The molecule has 1 aliphatic heterocycles. The molecule has 0 radical (unpaired) electrons. The fourth-order valence-electron chi connectivity index (χ4n) is 2.83. The van der Waals surface area contributed by atoms with Gasteiger partial charge in [0.25, 0.3) is 0 Å². The average Bonchev–Trinajstić information content (AvgIpc) is 3.10. The standard InChI is InChI=1S/C15H19F2NO/c1-9-2-5-12(14(17)13(9)16)19-15(10-3-4-10)11-6-7-18-8-11/h2,5,10-11,15,18H,3-4,6-8H2,1H3/t11-,15+/m0/s1. The molecule has 1 heterocycles. The summed E-state index contributed by atoms with van der Waals surface area (Å²) in [5.41, 5.74) is 0.315. The molecule has 1 aliphatic carbocycles. The van der Waals surface area contributed by atoms with Crippen LogP contribution in [-0.4, -0.2) is 19.2 Å². The monoisotopic (exact) mass is 267 g/mol. The molecule has 2 aliphatic rings. The molecule has 4 heteroatoms. The van der Waals surface area contributed by atoms with Crippen LogP contribution in [0.5, 0.6) is 5.75 Å². The van der Waals surface area contributed by atoms with Crippen molar-refractivity contribution >= 4 is 0 Å². The lowest BCUT2D eigenvalue weighted by Gasteiger charge is -2.24. The van der Waals surface area contributed by atoms with Gasteiger partial charge in [0.1, 0.15) is 6.10 Å². The maximum absolute atomic E-state index is 13.9. The highest BCUT2D eigenvalue weighted by Crippen LogP contribution is 2.40. The lowest BCUT2D eigenvalue weighted by atomic mass is 9.97. The summed E-state index contributed by atoms with van der Waals surface area (Å²) < 4.78 is 33.3. The number of halogens is 2. The quantitative estimate of drug-likeness (QED) is 0.905. The normalized spacial score (nSPS) is 24.5. The van der Waals surface area contributed by atoms with E-state index in [4.69, 9.17) is 4.74 Å². The van der Waals surface area contributed by atoms with Gasteiger partial charge in [-0.05, 0) is 50.3 Å². The molecule has 0 amide bonds. The van der Waals surface area contributed by atoms with Crippen LogP contribution in [0.25, 0.3) is 0 Å². The molecule has 0 aromatic heterocycles. The molecular formula is C15H19F2NO. The molecule has 2 nitrogen and oxygen atoms in total. The van der Waals surface area contributed by atoms with Crippen LogP contribution in [0.2, 0.25) is 0 Å². The van der Waals surface area contributed by atoms with Crippen molar-refractivity contribution in [1.29, 1.82) is 0 Å². The third-order valence-corrected chi connectivity index (χ3v) is 4.15. The summed E-state index contributed by atoms with van der Waals surface area (Å²) in [6, 6.07) is 3.12. The summed E-state index contributed by atoms with van der Waals surface area (Å²) in [6.07, 6.45) is 3.34. The smallest absolute Gasteiger partial charge is 0.200 e. The summed E-state index contributed by atoms with van der Waals surface area (Å²) in [5.74, 6) is -0.662. The predicted molar refractivity (Wildman–Crippen MR) is 69.2 cm³/mol. The van der Waals surface area contributed by atoms with Crippen LogP contribution in [0, 0.1) is 30.4 Å². The van der Waals surface area contributed by atoms with E-state index in [9.17, 15) is 8.78 Å². The number of benzene rings is 1. The lowest BCUT2D eigenvalue weighted by molar-refractivity contribution is 0.114. The van der Waals surface area contributed by atoms with Crippen molar-refractivity contribution < 1.29 is 13.5 Å². The van der Waals surface area contributed by atoms with Crippen molar-refractivity contribution in [3.63, 3.8) is 0 Å². The second kappa shape index (κ2) is 5.08. The van der Waals surface area contributed by atoms with Crippen molar-refractivity contribution in [1.82, 2.24) is 5.32 Å². The SMILES string of the molecule is Cc1ccc(O[C@H](C2CC2)[C@H]2CCNC2)c(F)c1F. The maximum Gasteiger partial charge on any atom is 0.200 e. The average molecular weight is 267 g/mol. The molecule has 19 heavy (non-hydrogen) atoms. The van der Waals surface area contributed by atoms with E-state index in [1.807, 2.05) is 0 Å². The van der Waals surface area contributed by atoms with Gasteiger partial charge in [0.2, 0.25) is 5.82 Å². The van der Waals surface area contributed by atoms with Crippen molar-refractivity contribution in [3.05, 3.63) is 29.3 Å². The van der Waals surface area contributed by atoms with Crippen molar-refractivity contribution in [3.8, 4) is 5.75 Å². The van der Waals surface area contributed by atoms with Gasteiger partial charge in [0.15, 0.2) is 11.6 Å². The minimum Gasteiger partial charge on any atom is -0.487 e. The van der Waals surface area contributed by atoms with Gasteiger partial charge in [0.05, 0.1) is 0 Å². The Bertz CT molecular complexity index is 467. The molecule has 1 saturated carbocycles. The largest absolute Gasteiger partial charge is 0.487 e. The Labute approximate surface area is 112 Å². The van der Waals surface area contributed by atoms with E-state index in [1.54, 1.807) is 19.1 Å². The molecule has 0 bridgehead atoms. The fourth-order valence-corrected chi connectivity index (χ4v) is 2.83. The molecule has 0 unspecified atom stereocenters. The molecule has 1 saturated heterocycles. The third kappa shape index (κ3) is 2.59. The topological polar surface area (TPSA) is 21.3 Å². The number of nitrogens with one attached hydrogen (secondary N) is 1. The molecule has 0 spiro atoms. The van der Waals surface area contributed by atoms with Crippen LogP contribution in [0.3, 0.4) is 0 Å². The first-order valence-electron chi connectivity index (χ1n) is 6.99. The number of hydrogen-bond donors (Lipinski definition) is 1. The summed E-state index contributed by atoms with van der Waals surface area (Å²) in [5, 5.41) is 3.31. The highest BCUT2D eigenvalue weighted by molar-refractivity contribution is 5.30. The summed E-state index contributed by atoms with van der Waals surface area (Å²) in [6.45, 7) is 3.46. The first-order chi connectivity index (χ1) is 9.16. The Morgan fingerprint density at radius 3 is 2.58 bits per heavy atom. The fraction of sp³-hybridized carbons (Fsp3) is 0.600. The van der Waals surface area contributed by atoms with E-state index < -0.39 is 11.6 Å². The lowest BCUT2D eigenvalue weighted by Crippen LogP contribution is -2.31. The number of hydrogen-bond acceptors (Lipinski definition) is 2. The predicted octanol–water partition coefficient (Wildman–Crippen LogP) is 3.04. The molecule has 3 rings (SSSR count). The zero-order valence-corrected chi connectivity index (χ0v) is 11.1. The Morgan fingerprint density at radius 2 is 1.95 bits per heavy atom. The van der Waals surface area contributed by atoms with Crippen LogP contribution in [0.1, 0.15) is 24.8 Å². The van der Waals surface area contributed by atoms with Crippen LogP contribution >= 0.6 is 0 Å². The summed E-state index contributed by atoms with van der Waals surface area (Å²) in [7, 11) is 0. The van der Waals surface area contributed by atoms with Crippen LogP contribution < -0.4 is 10.1 Å². The zero-order chi connectivity index (χ0) is 13.4. The maximum atomic E-state index is 13.9. The second-order valence-electron chi connectivity index (χ2n) is 5.68. The third-order valence-electron chi connectivity index (χ3n) is 4.15. The van der Waals surface area contributed by atoms with Crippen LogP contribution in [0.15, 0.2) is 12.1 Å². The number of aryl methyl sites for hydroxylation is 1. The molecule has 1 aromatic carbocycles. The van der Waals surface area contributed by atoms with E-state index in [1.165, 1.54) is 0 Å². The summed E-state index contributed by atoms with van der Waals surface area (Å²) >= 11 is 0. The van der Waals surface area contributed by atoms with Gasteiger partial charge < -0.3 is 10.1 Å². The second-order valence-corrected chi connectivity index (χ2v) is 5.68. The summed E-state index contributed by atoms with van der Waals surface area (Å²) in [4.78, 5) is 0. The first-order valence-corrected chi connectivity index (χ1v) is 6.99. The van der Waals surface area contributed by atoms with Crippen LogP contribution in [-0.2, 0) is 0 Å². The van der Waals surface area contributed by atoms with Crippen molar-refractivity contribution in [2.45, 2.75) is 32.3 Å². The highest BCUT2D eigenvalue weighted by atomic mass is 19.2. The van der Waals surface area contributed by atoms with Crippen molar-refractivity contribution in [2.24, 2.45) is 11.8 Å². The molecule has 104 valence electrons. The molecule has 1 N–H and O–H groups in total. The molecule has 2 atom stereocenters. The van der Waals surface area contributed by atoms with E-state index >= 15 is 0 Å². The Balaban J connectivity index is 1.80. The molecule has 1 aromatic rings. The van der Waals surface area contributed by atoms with Gasteiger partial charge in [-0.2, -0.15) is 4.39 Å².